The molecule has 0 bridgehead atoms. The molecule has 2 fully saturated rings. The van der Waals surface area contributed by atoms with Crippen molar-refractivity contribution in [3.8, 4) is 0 Å². The molecule has 6 heteroatoms. The Morgan fingerprint density at radius 1 is 0.882 bits per heavy atom. The number of aryl methyl sites for hydroxylation is 1. The summed E-state index contributed by atoms with van der Waals surface area (Å²) in [6.45, 7) is 6.81. The molecule has 0 spiro atoms. The minimum absolute atomic E-state index is 0.0534. The maximum atomic E-state index is 13.7. The van der Waals surface area contributed by atoms with Crippen molar-refractivity contribution < 1.29 is 9.59 Å². The Bertz CT molecular complexity index is 1060. The van der Waals surface area contributed by atoms with Gasteiger partial charge in [0.2, 0.25) is 0 Å². The van der Waals surface area contributed by atoms with Crippen LogP contribution in [0.1, 0.15) is 82.5 Å². The van der Waals surface area contributed by atoms with Crippen LogP contribution in [-0.4, -0.2) is 47.3 Å². The van der Waals surface area contributed by atoms with Crippen LogP contribution in [0, 0.1) is 0 Å². The number of thiophene rings is 1. The number of amides is 2. The van der Waals surface area contributed by atoms with E-state index in [9.17, 15) is 9.59 Å². The van der Waals surface area contributed by atoms with E-state index in [1.165, 1.54) is 29.7 Å². The maximum Gasteiger partial charge on any atom is 0.257 e. The molecule has 1 aromatic heterocycles. The predicted molar refractivity (Wildman–Crippen MR) is 139 cm³/mol. The summed E-state index contributed by atoms with van der Waals surface area (Å²) in [4.78, 5) is 32.3. The number of anilines is 1. The lowest BCUT2D eigenvalue weighted by atomic mass is 10.0. The molecule has 180 valence electrons. The molecule has 34 heavy (non-hydrogen) atoms. The fourth-order valence-corrected chi connectivity index (χ4v) is 6.97. The fourth-order valence-electron chi connectivity index (χ4n) is 5.66. The Labute approximate surface area is 206 Å². The normalized spacial score (nSPS) is 20.5. The zero-order valence-corrected chi connectivity index (χ0v) is 20.8. The van der Waals surface area contributed by atoms with Gasteiger partial charge >= 0.3 is 0 Å². The number of piperidine rings is 1. The monoisotopic (exact) mass is 477 g/mol. The summed E-state index contributed by atoms with van der Waals surface area (Å²) >= 11 is 1.74. The van der Waals surface area contributed by atoms with Gasteiger partial charge in [-0.3, -0.25) is 9.59 Å². The Hall–Kier alpha value is -2.60. The van der Waals surface area contributed by atoms with Crippen LogP contribution in [-0.2, 0) is 12.8 Å². The second-order valence-electron chi connectivity index (χ2n) is 9.79. The molecule has 1 aromatic carbocycles. The van der Waals surface area contributed by atoms with E-state index in [0.29, 0.717) is 5.56 Å². The standard InChI is InChI=1S/C28H35N3O2S/c1-20(23-15-11-19-31(23)27(32)21-12-5-2-6-13-21)29-26-25(28(33)30-17-9-4-10-18-30)22-14-7-3-8-16-24(22)34-26/h2,5-6,12-13,23,29H,1,3-4,7-11,14-19H2/t23-/m1/s1. The molecular weight excluding hydrogens is 442 g/mol. The summed E-state index contributed by atoms with van der Waals surface area (Å²) in [7, 11) is 0. The highest BCUT2D eigenvalue weighted by Gasteiger charge is 2.34. The van der Waals surface area contributed by atoms with Crippen molar-refractivity contribution in [1.82, 2.24) is 9.80 Å². The summed E-state index contributed by atoms with van der Waals surface area (Å²) in [6, 6.07) is 9.43. The Morgan fingerprint density at radius 3 is 2.41 bits per heavy atom. The number of carbonyl (C=O) groups is 2. The van der Waals surface area contributed by atoms with Gasteiger partial charge in [0.15, 0.2) is 0 Å². The summed E-state index contributed by atoms with van der Waals surface area (Å²) in [5.74, 6) is 0.232. The van der Waals surface area contributed by atoms with Crippen molar-refractivity contribution in [3.63, 3.8) is 0 Å². The molecule has 2 aromatic rings. The number of likely N-dealkylation sites (tertiary alicyclic amines) is 2. The molecule has 0 radical (unpaired) electrons. The lowest BCUT2D eigenvalue weighted by molar-refractivity contribution is 0.0722. The fraction of sp³-hybridized carbons (Fsp3) is 0.500. The summed E-state index contributed by atoms with van der Waals surface area (Å²) < 4.78 is 0. The van der Waals surface area contributed by atoms with E-state index in [1.54, 1.807) is 11.3 Å². The van der Waals surface area contributed by atoms with Gasteiger partial charge in [0.05, 0.1) is 11.6 Å². The molecule has 0 saturated carbocycles. The van der Waals surface area contributed by atoms with Crippen LogP contribution in [0.2, 0.25) is 0 Å². The summed E-state index contributed by atoms with van der Waals surface area (Å²) in [5.41, 5.74) is 3.68. The van der Waals surface area contributed by atoms with Gasteiger partial charge in [0.25, 0.3) is 11.8 Å². The van der Waals surface area contributed by atoms with E-state index < -0.39 is 0 Å². The quantitative estimate of drug-likeness (QED) is 0.548. The van der Waals surface area contributed by atoms with Gasteiger partial charge < -0.3 is 15.1 Å². The van der Waals surface area contributed by atoms with Crippen molar-refractivity contribution >= 4 is 28.2 Å². The largest absolute Gasteiger partial charge is 0.349 e. The van der Waals surface area contributed by atoms with Gasteiger partial charge in [-0.05, 0) is 75.5 Å². The van der Waals surface area contributed by atoms with Gasteiger partial charge in [-0.1, -0.05) is 31.2 Å². The molecule has 1 aliphatic carbocycles. The molecule has 2 amide bonds. The third kappa shape index (κ3) is 4.65. The van der Waals surface area contributed by atoms with E-state index in [4.69, 9.17) is 0 Å². The third-order valence-corrected chi connectivity index (χ3v) is 8.70. The van der Waals surface area contributed by atoms with E-state index in [1.807, 2.05) is 40.1 Å². The Kier molecular flexibility index (Phi) is 7.05. The molecule has 1 atom stereocenters. The highest BCUT2D eigenvalue weighted by molar-refractivity contribution is 7.16. The second kappa shape index (κ2) is 10.3. The van der Waals surface area contributed by atoms with E-state index in [2.05, 4.69) is 11.9 Å². The van der Waals surface area contributed by atoms with Crippen LogP contribution in [0.5, 0.6) is 0 Å². The number of hydrogen-bond donors (Lipinski definition) is 1. The first-order valence-corrected chi connectivity index (χ1v) is 13.7. The van der Waals surface area contributed by atoms with Crippen LogP contribution < -0.4 is 5.32 Å². The van der Waals surface area contributed by atoms with Gasteiger partial charge in [-0.25, -0.2) is 0 Å². The van der Waals surface area contributed by atoms with Crippen LogP contribution >= 0.6 is 11.3 Å². The minimum Gasteiger partial charge on any atom is -0.349 e. The highest BCUT2D eigenvalue weighted by atomic mass is 32.1. The van der Waals surface area contributed by atoms with Crippen LogP contribution in [0.4, 0.5) is 5.00 Å². The van der Waals surface area contributed by atoms with Crippen LogP contribution in [0.3, 0.4) is 0 Å². The van der Waals surface area contributed by atoms with Crippen molar-refractivity contribution in [1.29, 1.82) is 0 Å². The average Bonchev–Trinajstić information content (AvgIpc) is 3.43. The first-order valence-electron chi connectivity index (χ1n) is 12.9. The molecule has 2 aliphatic heterocycles. The minimum atomic E-state index is -0.0625. The Balaban J connectivity index is 1.40. The van der Waals surface area contributed by atoms with Gasteiger partial charge in [-0.15, -0.1) is 11.3 Å². The number of benzene rings is 1. The van der Waals surface area contributed by atoms with Crippen molar-refractivity contribution in [3.05, 3.63) is 64.2 Å². The average molecular weight is 478 g/mol. The van der Waals surface area contributed by atoms with Gasteiger partial charge in [0.1, 0.15) is 5.00 Å². The molecular formula is C28H35N3O2S. The van der Waals surface area contributed by atoms with Crippen LogP contribution in [0.15, 0.2) is 42.6 Å². The first-order chi connectivity index (χ1) is 16.6. The summed E-state index contributed by atoms with van der Waals surface area (Å²) in [5, 5.41) is 4.51. The van der Waals surface area contributed by atoms with Crippen LogP contribution in [0.25, 0.3) is 0 Å². The number of hydrogen-bond acceptors (Lipinski definition) is 4. The summed E-state index contributed by atoms with van der Waals surface area (Å²) in [6.07, 6.45) is 10.8. The number of rotatable bonds is 5. The molecule has 5 rings (SSSR count). The lowest BCUT2D eigenvalue weighted by Gasteiger charge is -2.29. The second-order valence-corrected chi connectivity index (χ2v) is 10.9. The zero-order chi connectivity index (χ0) is 23.5. The third-order valence-electron chi connectivity index (χ3n) is 7.49. The Morgan fingerprint density at radius 2 is 1.62 bits per heavy atom. The zero-order valence-electron chi connectivity index (χ0n) is 20.0. The van der Waals surface area contributed by atoms with E-state index >= 15 is 0 Å². The molecule has 3 aliphatic rings. The molecule has 5 nitrogen and oxygen atoms in total. The lowest BCUT2D eigenvalue weighted by Crippen LogP contribution is -2.38. The topological polar surface area (TPSA) is 52.7 Å². The maximum absolute atomic E-state index is 13.7. The molecule has 0 unspecified atom stereocenters. The van der Waals surface area contributed by atoms with E-state index in [0.717, 1.165) is 80.8 Å². The molecule has 1 N–H and O–H groups in total. The predicted octanol–water partition coefficient (Wildman–Crippen LogP) is 5.87. The number of nitrogens with one attached hydrogen (secondary N) is 1. The highest BCUT2D eigenvalue weighted by Crippen LogP contribution is 2.40. The van der Waals surface area contributed by atoms with Crippen molar-refractivity contribution in [2.24, 2.45) is 0 Å². The molecule has 3 heterocycles. The molecule has 2 saturated heterocycles. The smallest absolute Gasteiger partial charge is 0.257 e. The van der Waals surface area contributed by atoms with Gasteiger partial charge in [-0.2, -0.15) is 0 Å². The van der Waals surface area contributed by atoms with Crippen molar-refractivity contribution in [2.75, 3.05) is 25.0 Å². The number of fused-ring (bicyclic) bond motifs is 1. The number of carbonyl (C=O) groups excluding carboxylic acids is 2. The van der Waals surface area contributed by atoms with E-state index in [-0.39, 0.29) is 17.9 Å². The van der Waals surface area contributed by atoms with Crippen molar-refractivity contribution in [2.45, 2.75) is 70.3 Å². The number of nitrogens with zero attached hydrogens (tertiary/aromatic N) is 2. The first kappa shape index (κ1) is 23.2. The SMILES string of the molecule is C=C(Nc1sc2c(c1C(=O)N1CCCCC1)CCCCC2)[C@H]1CCCN1C(=O)c1ccccc1. The van der Waals surface area contributed by atoms with Gasteiger partial charge in [0, 0.05) is 35.8 Å².